The predicted molar refractivity (Wildman–Crippen MR) is 74.2 cm³/mol. The molecule has 0 aliphatic carbocycles. The molecule has 2 aliphatic rings. The number of nitrogens with one attached hydrogen (secondary N) is 1. The van der Waals surface area contributed by atoms with Crippen LogP contribution in [0.15, 0.2) is 18.2 Å². The van der Waals surface area contributed by atoms with Gasteiger partial charge in [-0.1, -0.05) is 0 Å². The highest BCUT2D eigenvalue weighted by Crippen LogP contribution is 2.35. The van der Waals surface area contributed by atoms with Gasteiger partial charge < -0.3 is 14.8 Å². The summed E-state index contributed by atoms with van der Waals surface area (Å²) < 4.78 is 11.2. The van der Waals surface area contributed by atoms with Crippen molar-refractivity contribution in [1.82, 2.24) is 4.98 Å². The summed E-state index contributed by atoms with van der Waals surface area (Å²) in [4.78, 5) is 4.74. The third kappa shape index (κ3) is 1.87. The van der Waals surface area contributed by atoms with Crippen LogP contribution < -0.4 is 14.8 Å². The Morgan fingerprint density at radius 3 is 2.74 bits per heavy atom. The van der Waals surface area contributed by atoms with Gasteiger partial charge in [-0.25, -0.2) is 4.98 Å². The van der Waals surface area contributed by atoms with E-state index in [1.165, 1.54) is 18.4 Å². The number of anilines is 1. The highest BCUT2D eigenvalue weighted by atomic mass is 16.6. The van der Waals surface area contributed by atoms with Gasteiger partial charge in [-0.05, 0) is 37.0 Å². The lowest BCUT2D eigenvalue weighted by atomic mass is 10.1. The Labute approximate surface area is 111 Å². The van der Waals surface area contributed by atoms with Crippen LogP contribution in [0.1, 0.15) is 18.4 Å². The third-order valence-corrected chi connectivity index (χ3v) is 3.72. The molecule has 0 saturated carbocycles. The van der Waals surface area contributed by atoms with Gasteiger partial charge in [0.25, 0.3) is 0 Å². The molecule has 0 spiro atoms. The summed E-state index contributed by atoms with van der Waals surface area (Å²) in [6.45, 7) is 2.25. The molecule has 1 N–H and O–H groups in total. The first-order valence-electron chi connectivity index (χ1n) is 6.87. The highest BCUT2D eigenvalue weighted by molar-refractivity contribution is 5.85. The van der Waals surface area contributed by atoms with Crippen molar-refractivity contribution in [3.05, 3.63) is 23.8 Å². The van der Waals surface area contributed by atoms with Crippen LogP contribution in [0.4, 0.5) is 5.82 Å². The van der Waals surface area contributed by atoms with E-state index in [2.05, 4.69) is 11.4 Å². The van der Waals surface area contributed by atoms with Crippen LogP contribution >= 0.6 is 0 Å². The van der Waals surface area contributed by atoms with Crippen molar-refractivity contribution in [2.24, 2.45) is 0 Å². The van der Waals surface area contributed by atoms with E-state index in [-0.39, 0.29) is 0 Å². The zero-order valence-corrected chi connectivity index (χ0v) is 10.7. The van der Waals surface area contributed by atoms with E-state index in [0.29, 0.717) is 13.2 Å². The smallest absolute Gasteiger partial charge is 0.163 e. The summed E-state index contributed by atoms with van der Waals surface area (Å²) in [5, 5.41) is 4.55. The lowest BCUT2D eigenvalue weighted by molar-refractivity contribution is 0.172. The number of hydrogen-bond acceptors (Lipinski definition) is 4. The minimum absolute atomic E-state index is 0.613. The molecule has 0 saturated heterocycles. The van der Waals surface area contributed by atoms with Gasteiger partial charge in [0.15, 0.2) is 11.5 Å². The number of benzene rings is 1. The van der Waals surface area contributed by atoms with Crippen LogP contribution in [0.3, 0.4) is 0 Å². The van der Waals surface area contributed by atoms with Crippen LogP contribution in [-0.2, 0) is 6.42 Å². The lowest BCUT2D eigenvalue weighted by Crippen LogP contribution is -2.15. The Bertz CT molecular complexity index is 585. The largest absolute Gasteiger partial charge is 0.486 e. The van der Waals surface area contributed by atoms with Gasteiger partial charge in [0.2, 0.25) is 0 Å². The van der Waals surface area contributed by atoms with E-state index >= 15 is 0 Å². The van der Waals surface area contributed by atoms with Gasteiger partial charge in [0, 0.05) is 18.0 Å². The molecule has 3 heterocycles. The third-order valence-electron chi connectivity index (χ3n) is 3.72. The second-order valence-corrected chi connectivity index (χ2v) is 5.07. The highest BCUT2D eigenvalue weighted by Gasteiger charge is 2.16. The molecule has 4 nitrogen and oxygen atoms in total. The second kappa shape index (κ2) is 4.30. The maximum atomic E-state index is 5.63. The minimum Gasteiger partial charge on any atom is -0.486 e. The van der Waals surface area contributed by atoms with Gasteiger partial charge in [-0.3, -0.25) is 0 Å². The zero-order valence-electron chi connectivity index (χ0n) is 10.7. The van der Waals surface area contributed by atoms with Gasteiger partial charge in [-0.15, -0.1) is 0 Å². The van der Waals surface area contributed by atoms with Gasteiger partial charge >= 0.3 is 0 Å². The number of hydrogen-bond donors (Lipinski definition) is 1. The molecule has 0 amide bonds. The van der Waals surface area contributed by atoms with Crippen molar-refractivity contribution in [2.45, 2.75) is 19.3 Å². The van der Waals surface area contributed by atoms with E-state index in [9.17, 15) is 0 Å². The van der Waals surface area contributed by atoms with E-state index in [0.717, 1.165) is 41.2 Å². The number of ether oxygens (including phenoxy) is 2. The summed E-state index contributed by atoms with van der Waals surface area (Å²) in [5.41, 5.74) is 2.28. The molecular weight excluding hydrogens is 240 g/mol. The van der Waals surface area contributed by atoms with Gasteiger partial charge in [-0.2, -0.15) is 0 Å². The second-order valence-electron chi connectivity index (χ2n) is 5.07. The van der Waals surface area contributed by atoms with E-state index in [4.69, 9.17) is 14.5 Å². The first kappa shape index (κ1) is 10.9. The van der Waals surface area contributed by atoms with Crippen molar-refractivity contribution in [3.63, 3.8) is 0 Å². The Hall–Kier alpha value is -1.97. The van der Waals surface area contributed by atoms with Crippen molar-refractivity contribution in [2.75, 3.05) is 25.1 Å². The van der Waals surface area contributed by atoms with Crippen LogP contribution in [0, 0.1) is 0 Å². The van der Waals surface area contributed by atoms with Crippen LogP contribution in [0.2, 0.25) is 0 Å². The normalized spacial score (nSPS) is 17.5. The fraction of sp³-hybridized carbons (Fsp3) is 0.400. The minimum atomic E-state index is 0.613. The van der Waals surface area contributed by atoms with Gasteiger partial charge in [0.05, 0.1) is 5.52 Å². The molecule has 1 aromatic heterocycles. The first-order chi connectivity index (χ1) is 9.40. The molecule has 0 atom stereocenters. The number of pyridine rings is 1. The molecule has 2 aromatic rings. The monoisotopic (exact) mass is 256 g/mol. The molecular formula is C15H16N2O2. The molecule has 1 aromatic carbocycles. The Balaban J connectivity index is 1.89. The van der Waals surface area contributed by atoms with Crippen LogP contribution in [-0.4, -0.2) is 24.7 Å². The summed E-state index contributed by atoms with van der Waals surface area (Å²) in [7, 11) is 0. The van der Waals surface area contributed by atoms with E-state index < -0.39 is 0 Å². The molecule has 0 fully saturated rings. The van der Waals surface area contributed by atoms with Crippen LogP contribution in [0.5, 0.6) is 11.5 Å². The molecule has 0 radical (unpaired) electrons. The fourth-order valence-corrected chi connectivity index (χ4v) is 2.75. The maximum absolute atomic E-state index is 5.63. The molecule has 0 bridgehead atoms. The summed E-state index contributed by atoms with van der Waals surface area (Å²) >= 11 is 0. The summed E-state index contributed by atoms with van der Waals surface area (Å²) in [5.74, 6) is 2.67. The number of nitrogens with zero attached hydrogens (tertiary/aromatic N) is 1. The zero-order chi connectivity index (χ0) is 12.7. The van der Waals surface area contributed by atoms with Crippen molar-refractivity contribution >= 4 is 16.7 Å². The molecule has 19 heavy (non-hydrogen) atoms. The number of rotatable bonds is 0. The molecule has 4 rings (SSSR count). The standard InChI is InChI=1S/C15H16N2O2/c1-2-4-16-15-10(3-1)7-11-8-13-14(9-12(11)17-15)19-6-5-18-13/h7-9H,1-6H2,(H,16,17). The van der Waals surface area contributed by atoms with Crippen molar-refractivity contribution in [1.29, 1.82) is 0 Å². The molecule has 0 unspecified atom stereocenters. The molecule has 98 valence electrons. The van der Waals surface area contributed by atoms with Gasteiger partial charge in [0.1, 0.15) is 19.0 Å². The Morgan fingerprint density at radius 1 is 1.00 bits per heavy atom. The fourth-order valence-electron chi connectivity index (χ4n) is 2.75. The van der Waals surface area contributed by atoms with Crippen molar-refractivity contribution in [3.8, 4) is 11.5 Å². The maximum Gasteiger partial charge on any atom is 0.163 e. The van der Waals surface area contributed by atoms with Crippen molar-refractivity contribution < 1.29 is 9.47 Å². The van der Waals surface area contributed by atoms with E-state index in [1.807, 2.05) is 12.1 Å². The number of aryl methyl sites for hydroxylation is 1. The summed E-state index contributed by atoms with van der Waals surface area (Å²) in [6.07, 6.45) is 3.52. The number of aromatic nitrogens is 1. The average molecular weight is 256 g/mol. The lowest BCUT2D eigenvalue weighted by Gasteiger charge is -2.19. The topological polar surface area (TPSA) is 43.4 Å². The van der Waals surface area contributed by atoms with Crippen LogP contribution in [0.25, 0.3) is 10.9 Å². The summed E-state index contributed by atoms with van der Waals surface area (Å²) in [6, 6.07) is 6.26. The quantitative estimate of drug-likeness (QED) is 0.787. The Kier molecular flexibility index (Phi) is 2.47. The molecule has 2 aliphatic heterocycles. The average Bonchev–Trinajstić information content (AvgIpc) is 2.67. The molecule has 4 heteroatoms. The predicted octanol–water partition coefficient (Wildman–Crippen LogP) is 2.75. The first-order valence-corrected chi connectivity index (χ1v) is 6.87. The Morgan fingerprint density at radius 2 is 1.84 bits per heavy atom. The SMILES string of the molecule is c1c2c(nc3cc4c(cc13)OCCO4)NCCCC2. The van der Waals surface area contributed by atoms with E-state index in [1.54, 1.807) is 0 Å². The number of fused-ring (bicyclic) bond motifs is 3.